The Kier molecular flexibility index (Phi) is 5.17. The van der Waals surface area contributed by atoms with Crippen LogP contribution in [0.5, 0.6) is 0 Å². The van der Waals surface area contributed by atoms with E-state index in [9.17, 15) is 13.2 Å². The number of hydrogen-bond acceptors (Lipinski definition) is 3. The Balaban J connectivity index is 2.11. The van der Waals surface area contributed by atoms with Crippen molar-refractivity contribution in [2.75, 3.05) is 6.54 Å². The fourth-order valence-electron chi connectivity index (χ4n) is 2.32. The lowest BCUT2D eigenvalue weighted by Crippen LogP contribution is -2.27. The predicted molar refractivity (Wildman–Crippen MR) is 83.5 cm³/mol. The average Bonchev–Trinajstić information content (AvgIpc) is 2.33. The van der Waals surface area contributed by atoms with E-state index in [4.69, 9.17) is 22.3 Å². The van der Waals surface area contributed by atoms with Gasteiger partial charge in [-0.1, -0.05) is 30.9 Å². The van der Waals surface area contributed by atoms with E-state index in [2.05, 4.69) is 5.32 Å². The Hall–Kier alpha value is -0.780. The second-order valence-corrected chi connectivity index (χ2v) is 8.30. The average molecular weight is 350 g/mol. The van der Waals surface area contributed by atoms with Gasteiger partial charge in [-0.3, -0.25) is 4.79 Å². The summed E-state index contributed by atoms with van der Waals surface area (Å²) in [6.07, 6.45) is 4.68. The Morgan fingerprint density at radius 3 is 2.57 bits per heavy atom. The van der Waals surface area contributed by atoms with Gasteiger partial charge in [0.15, 0.2) is 0 Å². The van der Waals surface area contributed by atoms with Crippen LogP contribution in [0.4, 0.5) is 0 Å². The van der Waals surface area contributed by atoms with E-state index >= 15 is 0 Å². The van der Waals surface area contributed by atoms with Crippen LogP contribution in [0.2, 0.25) is 5.02 Å². The van der Waals surface area contributed by atoms with Crippen LogP contribution < -0.4 is 5.32 Å². The second kappa shape index (κ2) is 6.55. The van der Waals surface area contributed by atoms with Crippen molar-refractivity contribution in [2.45, 2.75) is 37.5 Å². The summed E-state index contributed by atoms with van der Waals surface area (Å²) in [6, 6.07) is 2.78. The molecule has 0 aromatic heterocycles. The molecule has 116 valence electrons. The van der Waals surface area contributed by atoms with E-state index in [0.29, 0.717) is 18.0 Å². The third-order valence-electron chi connectivity index (χ3n) is 3.81. The molecule has 0 heterocycles. The van der Waals surface area contributed by atoms with Crippen molar-refractivity contribution in [3.63, 3.8) is 0 Å². The highest BCUT2D eigenvalue weighted by atomic mass is 35.7. The summed E-state index contributed by atoms with van der Waals surface area (Å²) >= 11 is 5.93. The molecule has 1 N–H and O–H groups in total. The molecule has 1 saturated carbocycles. The van der Waals surface area contributed by atoms with Crippen LogP contribution in [0.15, 0.2) is 17.0 Å². The minimum absolute atomic E-state index is 0.0519. The smallest absolute Gasteiger partial charge is 0.262 e. The molecule has 0 saturated heterocycles. The van der Waals surface area contributed by atoms with E-state index in [1.165, 1.54) is 25.3 Å². The van der Waals surface area contributed by atoms with Crippen LogP contribution in [-0.4, -0.2) is 20.9 Å². The van der Waals surface area contributed by atoms with Gasteiger partial charge in [0.25, 0.3) is 15.0 Å². The molecular weight excluding hydrogens is 333 g/mol. The summed E-state index contributed by atoms with van der Waals surface area (Å²) in [7, 11) is 1.36. The molecule has 4 nitrogen and oxygen atoms in total. The number of carbonyl (C=O) groups is 1. The number of nitrogens with one attached hydrogen (secondary N) is 1. The van der Waals surface area contributed by atoms with Crippen molar-refractivity contribution >= 4 is 37.2 Å². The third kappa shape index (κ3) is 4.11. The molecule has 1 aromatic carbocycles. The monoisotopic (exact) mass is 349 g/mol. The minimum atomic E-state index is -3.98. The summed E-state index contributed by atoms with van der Waals surface area (Å²) in [5, 5.41) is 2.86. The van der Waals surface area contributed by atoms with Gasteiger partial charge in [-0.05, 0) is 37.0 Å². The third-order valence-corrected chi connectivity index (χ3v) is 5.77. The van der Waals surface area contributed by atoms with Crippen molar-refractivity contribution < 1.29 is 13.2 Å². The van der Waals surface area contributed by atoms with E-state index < -0.39 is 9.05 Å². The van der Waals surface area contributed by atoms with Gasteiger partial charge < -0.3 is 5.32 Å². The van der Waals surface area contributed by atoms with E-state index in [1.807, 2.05) is 0 Å². The van der Waals surface area contributed by atoms with E-state index in [-0.39, 0.29) is 21.4 Å². The highest BCUT2D eigenvalue weighted by Crippen LogP contribution is 2.30. The maximum atomic E-state index is 12.1. The summed E-state index contributed by atoms with van der Waals surface area (Å²) < 4.78 is 23.0. The Bertz CT molecular complexity index is 654. The minimum Gasteiger partial charge on any atom is -0.352 e. The molecular formula is C14H17Cl2NO3S. The number of aryl methyl sites for hydroxylation is 1. The lowest BCUT2D eigenvalue weighted by molar-refractivity contribution is 0.0948. The fourth-order valence-corrected chi connectivity index (χ4v) is 3.86. The van der Waals surface area contributed by atoms with Gasteiger partial charge in [0, 0.05) is 22.8 Å². The van der Waals surface area contributed by atoms with Crippen molar-refractivity contribution in [1.29, 1.82) is 0 Å². The molecule has 0 spiro atoms. The normalized spacial score (nSPS) is 15.6. The summed E-state index contributed by atoms with van der Waals surface area (Å²) in [6.45, 7) is 2.23. The van der Waals surface area contributed by atoms with Crippen LogP contribution in [-0.2, 0) is 9.05 Å². The maximum absolute atomic E-state index is 12.1. The molecule has 1 fully saturated rings. The Labute approximate surface area is 134 Å². The quantitative estimate of drug-likeness (QED) is 0.827. The van der Waals surface area contributed by atoms with Gasteiger partial charge in [0.2, 0.25) is 0 Å². The molecule has 1 aliphatic rings. The fraction of sp³-hybridized carbons (Fsp3) is 0.500. The number of halogens is 2. The number of hydrogen-bond donors (Lipinski definition) is 1. The predicted octanol–water partition coefficient (Wildman–Crippen LogP) is 3.50. The standard InChI is InChI=1S/C14H17Cl2NO3S/c1-9-7-11(8-12(13(9)15)21(16,19)20)14(18)17-6-5-10-3-2-4-10/h7-8,10H,2-6H2,1H3,(H,17,18). The molecule has 0 bridgehead atoms. The first-order valence-electron chi connectivity index (χ1n) is 6.82. The van der Waals surface area contributed by atoms with Crippen LogP contribution in [0.25, 0.3) is 0 Å². The van der Waals surface area contributed by atoms with Crippen LogP contribution in [0.1, 0.15) is 41.6 Å². The molecule has 0 atom stereocenters. The van der Waals surface area contributed by atoms with Crippen molar-refractivity contribution in [3.05, 3.63) is 28.3 Å². The van der Waals surface area contributed by atoms with Crippen molar-refractivity contribution in [2.24, 2.45) is 5.92 Å². The Morgan fingerprint density at radius 2 is 2.05 bits per heavy atom. The van der Waals surface area contributed by atoms with Crippen LogP contribution in [0.3, 0.4) is 0 Å². The number of amides is 1. The zero-order chi connectivity index (χ0) is 15.6. The summed E-state index contributed by atoms with van der Waals surface area (Å²) in [5.41, 5.74) is 0.757. The lowest BCUT2D eigenvalue weighted by atomic mass is 9.83. The van der Waals surface area contributed by atoms with Gasteiger partial charge in [0.05, 0.1) is 5.02 Å². The van der Waals surface area contributed by atoms with Gasteiger partial charge in [-0.25, -0.2) is 8.42 Å². The molecule has 0 radical (unpaired) electrons. The van der Waals surface area contributed by atoms with Crippen molar-refractivity contribution in [3.8, 4) is 0 Å². The van der Waals surface area contributed by atoms with Crippen molar-refractivity contribution in [1.82, 2.24) is 5.32 Å². The number of carbonyl (C=O) groups excluding carboxylic acids is 1. The molecule has 0 unspecified atom stereocenters. The first kappa shape index (κ1) is 16.6. The summed E-state index contributed by atoms with van der Waals surface area (Å²) in [5.74, 6) is 0.395. The molecule has 1 amide bonds. The first-order chi connectivity index (χ1) is 9.79. The number of rotatable bonds is 5. The van der Waals surface area contributed by atoms with Gasteiger partial charge >= 0.3 is 0 Å². The van der Waals surface area contributed by atoms with Gasteiger partial charge in [0.1, 0.15) is 4.90 Å². The lowest BCUT2D eigenvalue weighted by Gasteiger charge is -2.25. The Morgan fingerprint density at radius 1 is 1.38 bits per heavy atom. The molecule has 7 heteroatoms. The molecule has 1 aromatic rings. The highest BCUT2D eigenvalue weighted by molar-refractivity contribution is 8.13. The summed E-state index contributed by atoms with van der Waals surface area (Å²) in [4.78, 5) is 11.9. The van der Waals surface area contributed by atoms with Crippen LogP contribution >= 0.6 is 22.3 Å². The SMILES string of the molecule is Cc1cc(C(=O)NCCC2CCC2)cc(S(=O)(=O)Cl)c1Cl. The molecule has 2 rings (SSSR count). The largest absolute Gasteiger partial charge is 0.352 e. The molecule has 0 aliphatic heterocycles. The second-order valence-electron chi connectivity index (χ2n) is 5.38. The van der Waals surface area contributed by atoms with Crippen LogP contribution in [0, 0.1) is 12.8 Å². The molecule has 21 heavy (non-hydrogen) atoms. The van der Waals surface area contributed by atoms with Gasteiger partial charge in [-0.2, -0.15) is 0 Å². The number of benzene rings is 1. The topological polar surface area (TPSA) is 63.2 Å². The van der Waals surface area contributed by atoms with E-state index in [0.717, 1.165) is 6.42 Å². The van der Waals surface area contributed by atoms with Gasteiger partial charge in [-0.15, -0.1) is 0 Å². The highest BCUT2D eigenvalue weighted by Gasteiger charge is 2.21. The van der Waals surface area contributed by atoms with E-state index in [1.54, 1.807) is 13.0 Å². The zero-order valence-electron chi connectivity index (χ0n) is 11.7. The maximum Gasteiger partial charge on any atom is 0.262 e. The molecule has 1 aliphatic carbocycles. The first-order valence-corrected chi connectivity index (χ1v) is 9.51. The zero-order valence-corrected chi connectivity index (χ0v) is 14.0.